The van der Waals surface area contributed by atoms with Crippen LogP contribution in [0.2, 0.25) is 5.02 Å². The highest BCUT2D eigenvalue weighted by molar-refractivity contribution is 6.33. The Morgan fingerprint density at radius 3 is 3.10 bits per heavy atom. The van der Waals surface area contributed by atoms with Crippen LogP contribution in [0.5, 0.6) is 0 Å². The van der Waals surface area contributed by atoms with Gasteiger partial charge < -0.3 is 10.6 Å². The molecule has 0 aliphatic carbocycles. The Balaban J connectivity index is 1.89. The second kappa shape index (κ2) is 5.60. The number of nitrogens with zero attached hydrogens (tertiary/aromatic N) is 3. The number of rotatable bonds is 3. The van der Waals surface area contributed by atoms with Crippen LogP contribution in [0.4, 0.5) is 5.69 Å². The van der Waals surface area contributed by atoms with Crippen molar-refractivity contribution in [2.45, 2.75) is 6.42 Å². The fraction of sp³-hybridized carbons (Fsp3) is 0.308. The van der Waals surface area contributed by atoms with E-state index in [2.05, 4.69) is 20.7 Å². The van der Waals surface area contributed by atoms with E-state index in [-0.39, 0.29) is 11.8 Å². The largest absolute Gasteiger partial charge is 0.324 e. The summed E-state index contributed by atoms with van der Waals surface area (Å²) in [5.41, 5.74) is 1.27. The molecule has 1 aliphatic heterocycles. The number of aromatic nitrogens is 3. The van der Waals surface area contributed by atoms with Gasteiger partial charge in [-0.3, -0.25) is 4.79 Å². The van der Waals surface area contributed by atoms with E-state index in [1.54, 1.807) is 23.1 Å². The zero-order valence-electron chi connectivity index (χ0n) is 10.7. The van der Waals surface area contributed by atoms with Gasteiger partial charge in [-0.2, -0.15) is 5.10 Å². The molecule has 1 saturated heterocycles. The van der Waals surface area contributed by atoms with Gasteiger partial charge in [0.05, 0.1) is 16.6 Å². The lowest BCUT2D eigenvalue weighted by molar-refractivity contribution is -0.119. The third-order valence-corrected chi connectivity index (χ3v) is 3.63. The summed E-state index contributed by atoms with van der Waals surface area (Å²) >= 11 is 6.21. The number of anilines is 1. The molecule has 6 nitrogen and oxygen atoms in total. The van der Waals surface area contributed by atoms with Crippen LogP contribution in [0.1, 0.15) is 6.42 Å². The van der Waals surface area contributed by atoms with Crippen molar-refractivity contribution in [3.63, 3.8) is 0 Å². The Hall–Kier alpha value is -1.92. The van der Waals surface area contributed by atoms with Crippen LogP contribution >= 0.6 is 11.6 Å². The van der Waals surface area contributed by atoms with Gasteiger partial charge in [0.25, 0.3) is 0 Å². The molecule has 0 bridgehead atoms. The standard InChI is InChI=1S/C13H14ClN5O/c14-10-2-1-3-11(12(10)19-8-16-7-17-19)18-13(20)9-4-5-15-6-9/h1-3,7-9,15H,4-6H2,(H,18,20). The van der Waals surface area contributed by atoms with Gasteiger partial charge in [-0.15, -0.1) is 0 Å². The highest BCUT2D eigenvalue weighted by Gasteiger charge is 2.23. The van der Waals surface area contributed by atoms with E-state index in [1.807, 2.05) is 6.07 Å². The first-order chi connectivity index (χ1) is 9.75. The van der Waals surface area contributed by atoms with Crippen molar-refractivity contribution in [1.82, 2.24) is 20.1 Å². The molecule has 2 N–H and O–H groups in total. The van der Waals surface area contributed by atoms with Gasteiger partial charge in [-0.25, -0.2) is 9.67 Å². The van der Waals surface area contributed by atoms with Crippen molar-refractivity contribution in [3.8, 4) is 5.69 Å². The maximum atomic E-state index is 12.2. The zero-order chi connectivity index (χ0) is 13.9. The lowest BCUT2D eigenvalue weighted by atomic mass is 10.1. The van der Waals surface area contributed by atoms with Gasteiger partial charge in [0, 0.05) is 6.54 Å². The molecule has 1 fully saturated rings. The second-order valence-electron chi connectivity index (χ2n) is 4.66. The Morgan fingerprint density at radius 2 is 2.40 bits per heavy atom. The summed E-state index contributed by atoms with van der Waals surface area (Å²) in [6.07, 6.45) is 3.83. The molecule has 1 atom stereocenters. The van der Waals surface area contributed by atoms with Gasteiger partial charge in [0.2, 0.25) is 5.91 Å². The van der Waals surface area contributed by atoms with Crippen molar-refractivity contribution in [2.75, 3.05) is 18.4 Å². The average Bonchev–Trinajstić information content (AvgIpc) is 3.12. The maximum Gasteiger partial charge on any atom is 0.228 e. The normalized spacial score (nSPS) is 18.1. The molecule has 20 heavy (non-hydrogen) atoms. The molecular weight excluding hydrogens is 278 g/mol. The lowest BCUT2D eigenvalue weighted by Gasteiger charge is -2.14. The summed E-state index contributed by atoms with van der Waals surface area (Å²) < 4.78 is 1.55. The predicted octanol–water partition coefficient (Wildman–Crippen LogP) is 1.47. The SMILES string of the molecule is O=C(Nc1cccc(Cl)c1-n1cncn1)C1CCNC1. The monoisotopic (exact) mass is 291 g/mol. The highest BCUT2D eigenvalue weighted by Crippen LogP contribution is 2.28. The van der Waals surface area contributed by atoms with Gasteiger partial charge >= 0.3 is 0 Å². The number of para-hydroxylation sites is 1. The third kappa shape index (κ3) is 2.52. The Kier molecular flexibility index (Phi) is 3.66. The maximum absolute atomic E-state index is 12.2. The molecule has 1 amide bonds. The quantitative estimate of drug-likeness (QED) is 0.898. The summed E-state index contributed by atoms with van der Waals surface area (Å²) in [5.74, 6) is -0.00351. The molecule has 1 aromatic heterocycles. The highest BCUT2D eigenvalue weighted by atomic mass is 35.5. The fourth-order valence-corrected chi connectivity index (χ4v) is 2.55. The molecule has 1 unspecified atom stereocenters. The molecule has 0 spiro atoms. The van der Waals surface area contributed by atoms with Crippen molar-refractivity contribution < 1.29 is 4.79 Å². The van der Waals surface area contributed by atoms with E-state index in [1.165, 1.54) is 6.33 Å². The average molecular weight is 292 g/mol. The first-order valence-electron chi connectivity index (χ1n) is 6.41. The van der Waals surface area contributed by atoms with Crippen LogP contribution in [-0.2, 0) is 4.79 Å². The predicted molar refractivity (Wildman–Crippen MR) is 76.0 cm³/mol. The summed E-state index contributed by atoms with van der Waals surface area (Å²) in [5, 5.41) is 10.7. The number of benzene rings is 1. The van der Waals surface area contributed by atoms with E-state index in [9.17, 15) is 4.79 Å². The van der Waals surface area contributed by atoms with Crippen molar-refractivity contribution in [3.05, 3.63) is 35.9 Å². The Labute approximate surface area is 121 Å². The van der Waals surface area contributed by atoms with Crippen molar-refractivity contribution >= 4 is 23.2 Å². The van der Waals surface area contributed by atoms with Gasteiger partial charge in [-0.05, 0) is 25.1 Å². The second-order valence-corrected chi connectivity index (χ2v) is 5.06. The number of hydrogen-bond acceptors (Lipinski definition) is 4. The van der Waals surface area contributed by atoms with Crippen LogP contribution in [0.15, 0.2) is 30.9 Å². The van der Waals surface area contributed by atoms with Crippen LogP contribution in [0.3, 0.4) is 0 Å². The molecule has 0 radical (unpaired) electrons. The smallest absolute Gasteiger partial charge is 0.228 e. The number of halogens is 1. The Morgan fingerprint density at radius 1 is 1.50 bits per heavy atom. The van der Waals surface area contributed by atoms with Crippen LogP contribution in [0, 0.1) is 5.92 Å². The van der Waals surface area contributed by atoms with Gasteiger partial charge in [0.1, 0.15) is 18.3 Å². The molecule has 2 aromatic rings. The number of carbonyl (C=O) groups excluding carboxylic acids is 1. The molecule has 104 valence electrons. The zero-order valence-corrected chi connectivity index (χ0v) is 11.5. The molecule has 2 heterocycles. The summed E-state index contributed by atoms with van der Waals surface area (Å²) in [6.45, 7) is 1.59. The molecule has 3 rings (SSSR count). The number of nitrogens with one attached hydrogen (secondary N) is 2. The molecule has 7 heteroatoms. The summed E-state index contributed by atoms with van der Waals surface area (Å²) in [7, 11) is 0. The molecule has 1 aromatic carbocycles. The van der Waals surface area contributed by atoms with E-state index < -0.39 is 0 Å². The van der Waals surface area contributed by atoms with Crippen molar-refractivity contribution in [1.29, 1.82) is 0 Å². The minimum absolute atomic E-state index is 0.00127. The minimum Gasteiger partial charge on any atom is -0.324 e. The first kappa shape index (κ1) is 13.1. The van der Waals surface area contributed by atoms with Crippen LogP contribution < -0.4 is 10.6 Å². The fourth-order valence-electron chi connectivity index (χ4n) is 2.29. The van der Waals surface area contributed by atoms with Gasteiger partial charge in [-0.1, -0.05) is 17.7 Å². The third-order valence-electron chi connectivity index (χ3n) is 3.32. The van der Waals surface area contributed by atoms with E-state index in [4.69, 9.17) is 11.6 Å². The van der Waals surface area contributed by atoms with E-state index in [0.29, 0.717) is 22.9 Å². The number of hydrogen-bond donors (Lipinski definition) is 2. The van der Waals surface area contributed by atoms with Gasteiger partial charge in [0.15, 0.2) is 0 Å². The Bertz CT molecular complexity index is 607. The minimum atomic E-state index is -0.00224. The van der Waals surface area contributed by atoms with E-state index in [0.717, 1.165) is 13.0 Å². The van der Waals surface area contributed by atoms with E-state index >= 15 is 0 Å². The molecule has 0 saturated carbocycles. The summed E-state index contributed by atoms with van der Waals surface area (Å²) in [4.78, 5) is 16.1. The lowest BCUT2D eigenvalue weighted by Crippen LogP contribution is -2.25. The van der Waals surface area contributed by atoms with Crippen LogP contribution in [-0.4, -0.2) is 33.8 Å². The number of carbonyl (C=O) groups is 1. The topological polar surface area (TPSA) is 71.8 Å². The molecule has 1 aliphatic rings. The molecular formula is C13H14ClN5O. The van der Waals surface area contributed by atoms with Crippen molar-refractivity contribution in [2.24, 2.45) is 5.92 Å². The first-order valence-corrected chi connectivity index (χ1v) is 6.78. The number of amides is 1. The summed E-state index contributed by atoms with van der Waals surface area (Å²) in [6, 6.07) is 5.36. The van der Waals surface area contributed by atoms with Crippen LogP contribution in [0.25, 0.3) is 5.69 Å².